The second-order valence-corrected chi connectivity index (χ2v) is 3.52. The third kappa shape index (κ3) is 1.83. The van der Waals surface area contributed by atoms with Gasteiger partial charge in [-0.25, -0.2) is 0 Å². The van der Waals surface area contributed by atoms with Gasteiger partial charge in [-0.1, -0.05) is 0 Å². The van der Waals surface area contributed by atoms with Crippen LogP contribution in [-0.2, 0) is 0 Å². The molecule has 0 bridgehead atoms. The van der Waals surface area contributed by atoms with Crippen LogP contribution in [0.5, 0.6) is 0 Å². The summed E-state index contributed by atoms with van der Waals surface area (Å²) in [7, 11) is 0. The number of carbonyl (C=O) groups is 1. The number of rotatable bonds is 1. The number of halogens is 1. The van der Waals surface area contributed by atoms with Crippen LogP contribution in [0.25, 0.3) is 0 Å². The fourth-order valence-corrected chi connectivity index (χ4v) is 1.77. The molecule has 3 heteroatoms. The van der Waals surface area contributed by atoms with E-state index in [1.165, 1.54) is 6.92 Å². The molecule has 0 unspecified atom stereocenters. The van der Waals surface area contributed by atoms with Crippen LogP contribution in [0.3, 0.4) is 0 Å². The lowest BCUT2D eigenvalue weighted by Crippen LogP contribution is -1.95. The molecule has 0 aliphatic heterocycles. The highest BCUT2D eigenvalue weighted by atomic mass is 127. The first-order valence-electron chi connectivity index (χ1n) is 3.35. The zero-order valence-electron chi connectivity index (χ0n) is 6.47. The van der Waals surface area contributed by atoms with Crippen molar-refractivity contribution in [3.8, 4) is 6.07 Å². The molecular formula is C9H6INO. The van der Waals surface area contributed by atoms with Gasteiger partial charge in [0.05, 0.1) is 11.6 Å². The Labute approximate surface area is 84.3 Å². The highest BCUT2D eigenvalue weighted by Gasteiger charge is 2.04. The fourth-order valence-electron chi connectivity index (χ4n) is 0.870. The standard InChI is InChI=1S/C9H6INO/c1-6(12)8-3-2-7(5-11)4-9(8)10/h2-4H,1H3. The van der Waals surface area contributed by atoms with Gasteiger partial charge in [0.15, 0.2) is 5.78 Å². The third-order valence-corrected chi connectivity index (χ3v) is 2.37. The largest absolute Gasteiger partial charge is 0.294 e. The predicted molar refractivity (Wildman–Crippen MR) is 53.9 cm³/mol. The van der Waals surface area contributed by atoms with Gasteiger partial charge >= 0.3 is 0 Å². The van der Waals surface area contributed by atoms with Gasteiger partial charge in [-0.2, -0.15) is 5.26 Å². The highest BCUT2D eigenvalue weighted by molar-refractivity contribution is 14.1. The van der Waals surface area contributed by atoms with Crippen LogP contribution in [0, 0.1) is 14.9 Å². The molecule has 0 saturated heterocycles. The van der Waals surface area contributed by atoms with Gasteiger partial charge in [-0.15, -0.1) is 0 Å². The van der Waals surface area contributed by atoms with Crippen molar-refractivity contribution in [2.45, 2.75) is 6.92 Å². The average molecular weight is 271 g/mol. The predicted octanol–water partition coefficient (Wildman–Crippen LogP) is 2.37. The van der Waals surface area contributed by atoms with Crippen molar-refractivity contribution in [1.29, 1.82) is 5.26 Å². The van der Waals surface area contributed by atoms with Gasteiger partial charge in [-0.3, -0.25) is 4.79 Å². The maximum Gasteiger partial charge on any atom is 0.160 e. The molecule has 0 spiro atoms. The van der Waals surface area contributed by atoms with Crippen molar-refractivity contribution in [3.63, 3.8) is 0 Å². The lowest BCUT2D eigenvalue weighted by atomic mass is 10.1. The first-order valence-corrected chi connectivity index (χ1v) is 4.43. The van der Waals surface area contributed by atoms with Crippen molar-refractivity contribution in [3.05, 3.63) is 32.9 Å². The van der Waals surface area contributed by atoms with Crippen molar-refractivity contribution in [2.75, 3.05) is 0 Å². The second-order valence-electron chi connectivity index (χ2n) is 2.36. The number of ketones is 1. The quantitative estimate of drug-likeness (QED) is 0.581. The van der Waals surface area contributed by atoms with E-state index in [1.807, 2.05) is 6.07 Å². The number of hydrogen-bond donors (Lipinski definition) is 0. The van der Waals surface area contributed by atoms with Crippen LogP contribution in [-0.4, -0.2) is 5.78 Å². The second kappa shape index (κ2) is 3.68. The molecular weight excluding hydrogens is 265 g/mol. The Bertz CT molecular complexity index is 365. The Balaban J connectivity index is 3.23. The molecule has 0 aliphatic carbocycles. The molecule has 2 nitrogen and oxygen atoms in total. The van der Waals surface area contributed by atoms with E-state index in [1.54, 1.807) is 18.2 Å². The molecule has 0 aliphatic rings. The molecule has 12 heavy (non-hydrogen) atoms. The topological polar surface area (TPSA) is 40.9 Å². The summed E-state index contributed by atoms with van der Waals surface area (Å²) >= 11 is 2.05. The molecule has 60 valence electrons. The molecule has 1 aromatic carbocycles. The minimum atomic E-state index is 0.0314. The van der Waals surface area contributed by atoms with E-state index in [0.717, 1.165) is 3.57 Å². The van der Waals surface area contributed by atoms with Gasteiger partial charge in [0.2, 0.25) is 0 Å². The van der Waals surface area contributed by atoms with Crippen molar-refractivity contribution in [1.82, 2.24) is 0 Å². The zero-order chi connectivity index (χ0) is 9.14. The number of Topliss-reactive ketones (excluding diaryl/α,β-unsaturated/α-hetero) is 1. The maximum absolute atomic E-state index is 11.0. The van der Waals surface area contributed by atoms with Gasteiger partial charge in [0.25, 0.3) is 0 Å². The molecule has 0 radical (unpaired) electrons. The lowest BCUT2D eigenvalue weighted by molar-refractivity contribution is 0.101. The first-order chi connectivity index (χ1) is 5.65. The Morgan fingerprint density at radius 1 is 1.58 bits per heavy atom. The van der Waals surface area contributed by atoms with Crippen LogP contribution < -0.4 is 0 Å². The highest BCUT2D eigenvalue weighted by Crippen LogP contribution is 2.14. The molecule has 0 saturated carbocycles. The normalized spacial score (nSPS) is 9.08. The summed E-state index contributed by atoms with van der Waals surface area (Å²) in [5.74, 6) is 0.0314. The van der Waals surface area contributed by atoms with E-state index in [9.17, 15) is 4.79 Å². The van der Waals surface area contributed by atoms with Gasteiger partial charge in [-0.05, 0) is 47.7 Å². The summed E-state index contributed by atoms with van der Waals surface area (Å²) in [4.78, 5) is 11.0. The smallest absolute Gasteiger partial charge is 0.160 e. The SMILES string of the molecule is CC(=O)c1ccc(C#N)cc1I. The summed E-state index contributed by atoms with van der Waals surface area (Å²) in [6, 6.07) is 7.06. The fraction of sp³-hybridized carbons (Fsp3) is 0.111. The van der Waals surface area contributed by atoms with Crippen LogP contribution >= 0.6 is 22.6 Å². The molecule has 0 atom stereocenters. The molecule has 0 fully saturated rings. The van der Waals surface area contributed by atoms with Crippen LogP contribution in [0.1, 0.15) is 22.8 Å². The van der Waals surface area contributed by atoms with Gasteiger partial charge < -0.3 is 0 Å². The zero-order valence-corrected chi connectivity index (χ0v) is 8.62. The minimum absolute atomic E-state index is 0.0314. The summed E-state index contributed by atoms with van der Waals surface area (Å²) in [6.07, 6.45) is 0. The number of nitrogens with zero attached hydrogens (tertiary/aromatic N) is 1. The third-order valence-electron chi connectivity index (χ3n) is 1.48. The number of benzene rings is 1. The number of nitriles is 1. The molecule has 1 aromatic rings. The van der Waals surface area contributed by atoms with E-state index in [2.05, 4.69) is 22.6 Å². The van der Waals surface area contributed by atoms with Gasteiger partial charge in [0.1, 0.15) is 0 Å². The van der Waals surface area contributed by atoms with Crippen LogP contribution in [0.4, 0.5) is 0 Å². The molecule has 0 heterocycles. The molecule has 0 amide bonds. The molecule has 0 aromatic heterocycles. The van der Waals surface area contributed by atoms with Crippen LogP contribution in [0.15, 0.2) is 18.2 Å². The molecule has 1 rings (SSSR count). The van der Waals surface area contributed by atoms with Crippen molar-refractivity contribution < 1.29 is 4.79 Å². The minimum Gasteiger partial charge on any atom is -0.294 e. The Morgan fingerprint density at radius 3 is 2.67 bits per heavy atom. The summed E-state index contributed by atoms with van der Waals surface area (Å²) in [6.45, 7) is 1.52. The van der Waals surface area contributed by atoms with E-state index < -0.39 is 0 Å². The summed E-state index contributed by atoms with van der Waals surface area (Å²) in [5.41, 5.74) is 1.26. The Kier molecular flexibility index (Phi) is 2.82. The maximum atomic E-state index is 11.0. The monoisotopic (exact) mass is 271 g/mol. The van der Waals surface area contributed by atoms with Crippen molar-refractivity contribution in [2.24, 2.45) is 0 Å². The van der Waals surface area contributed by atoms with E-state index in [-0.39, 0.29) is 5.78 Å². The Morgan fingerprint density at radius 2 is 2.25 bits per heavy atom. The van der Waals surface area contributed by atoms with Crippen LogP contribution in [0.2, 0.25) is 0 Å². The number of carbonyl (C=O) groups excluding carboxylic acids is 1. The van der Waals surface area contributed by atoms with E-state index in [4.69, 9.17) is 5.26 Å². The summed E-state index contributed by atoms with van der Waals surface area (Å²) in [5, 5.41) is 8.55. The molecule has 0 N–H and O–H groups in total. The van der Waals surface area contributed by atoms with Gasteiger partial charge in [0, 0.05) is 9.13 Å². The first kappa shape index (κ1) is 9.20. The lowest BCUT2D eigenvalue weighted by Gasteiger charge is -1.98. The van der Waals surface area contributed by atoms with Crippen molar-refractivity contribution >= 4 is 28.4 Å². The summed E-state index contributed by atoms with van der Waals surface area (Å²) < 4.78 is 0.833. The average Bonchev–Trinajstić information content (AvgIpc) is 2.03. The van der Waals surface area contributed by atoms with E-state index in [0.29, 0.717) is 11.1 Å². The number of hydrogen-bond acceptors (Lipinski definition) is 2. The van der Waals surface area contributed by atoms with E-state index >= 15 is 0 Å². The Hall–Kier alpha value is -0.890.